The highest BCUT2D eigenvalue weighted by atomic mass is 16.7. The van der Waals surface area contributed by atoms with Gasteiger partial charge in [0.05, 0.1) is 52.8 Å². The Morgan fingerprint density at radius 1 is 0.815 bits per heavy atom. The van der Waals surface area contributed by atoms with E-state index in [-0.39, 0.29) is 71.4 Å². The lowest BCUT2D eigenvalue weighted by Crippen LogP contribution is -2.57. The molecular formula is C40H53NO13. The molecule has 0 bridgehead atoms. The van der Waals surface area contributed by atoms with E-state index in [1.165, 1.54) is 18.2 Å². The van der Waals surface area contributed by atoms with Crippen molar-refractivity contribution in [1.82, 2.24) is 4.90 Å². The summed E-state index contributed by atoms with van der Waals surface area (Å²) in [6.07, 6.45) is -1.92. The summed E-state index contributed by atoms with van der Waals surface area (Å²) >= 11 is 0. The third kappa shape index (κ3) is 6.83. The normalized spacial score (nSPS) is 36.8. The van der Waals surface area contributed by atoms with Crippen molar-refractivity contribution >= 4 is 11.6 Å². The first-order valence-electron chi connectivity index (χ1n) is 19.1. The zero-order valence-corrected chi connectivity index (χ0v) is 31.7. The molecule has 2 aromatic rings. The molecule has 2 aliphatic carbocycles. The highest BCUT2D eigenvalue weighted by Crippen LogP contribution is 2.54. The number of likely N-dealkylation sites (N-methyl/N-ethyl adjacent to an activating group) is 1. The molecule has 5 aliphatic rings. The second-order valence-corrected chi connectivity index (χ2v) is 15.7. The van der Waals surface area contributed by atoms with Crippen LogP contribution in [-0.4, -0.2) is 123 Å². The maximum atomic E-state index is 13.8. The number of aliphatic hydroxyl groups excluding tert-OH is 1. The van der Waals surface area contributed by atoms with Gasteiger partial charge in [-0.3, -0.25) is 9.59 Å². The maximum Gasteiger partial charge on any atom is 0.202 e. The van der Waals surface area contributed by atoms with Crippen LogP contribution in [0, 0.1) is 0 Å². The number of phenolic OH excluding ortho intramolecular Hbond substituents is 3. The first-order valence-corrected chi connectivity index (χ1v) is 19.1. The van der Waals surface area contributed by atoms with Crippen LogP contribution in [0.15, 0.2) is 18.2 Å². The molecule has 14 heteroatoms. The molecule has 3 heterocycles. The molecule has 3 saturated heterocycles. The number of aromatic hydroxyl groups is 3. The zero-order valence-electron chi connectivity index (χ0n) is 31.7. The van der Waals surface area contributed by atoms with Gasteiger partial charge in [-0.2, -0.15) is 0 Å². The molecule has 54 heavy (non-hydrogen) atoms. The second kappa shape index (κ2) is 15.1. The number of carbonyl (C=O) groups excluding carboxylic acids is 2. The lowest BCUT2D eigenvalue weighted by Gasteiger charge is -2.48. The van der Waals surface area contributed by atoms with Crippen molar-refractivity contribution in [2.75, 3.05) is 14.1 Å². The fourth-order valence-corrected chi connectivity index (χ4v) is 8.88. The minimum absolute atomic E-state index is 0.0354. The number of hydrogen-bond donors (Lipinski definition) is 5. The van der Waals surface area contributed by atoms with Gasteiger partial charge in [-0.1, -0.05) is 19.1 Å². The van der Waals surface area contributed by atoms with E-state index in [1.54, 1.807) is 6.92 Å². The van der Waals surface area contributed by atoms with Gasteiger partial charge in [-0.15, -0.1) is 0 Å². The van der Waals surface area contributed by atoms with Crippen LogP contribution in [0.5, 0.6) is 17.2 Å². The molecule has 7 rings (SSSR count). The molecule has 12 atom stereocenters. The van der Waals surface area contributed by atoms with E-state index < -0.39 is 83.3 Å². The van der Waals surface area contributed by atoms with Crippen LogP contribution in [0.3, 0.4) is 0 Å². The predicted octanol–water partition coefficient (Wildman–Crippen LogP) is 3.97. The van der Waals surface area contributed by atoms with Gasteiger partial charge in [0, 0.05) is 42.0 Å². The largest absolute Gasteiger partial charge is 0.507 e. The topological polar surface area (TPSA) is 194 Å². The minimum Gasteiger partial charge on any atom is -0.507 e. The zero-order chi connectivity index (χ0) is 38.8. The smallest absolute Gasteiger partial charge is 0.202 e. The van der Waals surface area contributed by atoms with Gasteiger partial charge in [-0.25, -0.2) is 0 Å². The first-order chi connectivity index (χ1) is 25.6. The molecule has 5 N–H and O–H groups in total. The van der Waals surface area contributed by atoms with Crippen LogP contribution in [-0.2, 0) is 34.8 Å². The van der Waals surface area contributed by atoms with Crippen LogP contribution in [0.25, 0.3) is 0 Å². The Morgan fingerprint density at radius 2 is 1.48 bits per heavy atom. The number of carbonyl (C=O) groups is 2. The average Bonchev–Trinajstić information content (AvgIpc) is 3.13. The van der Waals surface area contributed by atoms with Crippen molar-refractivity contribution in [2.45, 2.75) is 152 Å². The summed E-state index contributed by atoms with van der Waals surface area (Å²) in [4.78, 5) is 29.4. The number of ketones is 2. The van der Waals surface area contributed by atoms with Gasteiger partial charge >= 0.3 is 0 Å². The Balaban J connectivity index is 1.09. The van der Waals surface area contributed by atoms with Crippen molar-refractivity contribution in [3.63, 3.8) is 0 Å². The van der Waals surface area contributed by atoms with E-state index in [0.717, 1.165) is 0 Å². The summed E-state index contributed by atoms with van der Waals surface area (Å²) in [6.45, 7) is 7.45. The number of aliphatic hydroxyl groups is 2. The summed E-state index contributed by atoms with van der Waals surface area (Å²) in [5.74, 6) is -2.95. The van der Waals surface area contributed by atoms with Gasteiger partial charge in [-0.05, 0) is 73.0 Å². The Labute approximate surface area is 314 Å². The van der Waals surface area contributed by atoms with E-state index >= 15 is 0 Å². The van der Waals surface area contributed by atoms with Gasteiger partial charge in [0.15, 0.2) is 24.7 Å². The van der Waals surface area contributed by atoms with Gasteiger partial charge < -0.3 is 58.9 Å². The predicted molar refractivity (Wildman–Crippen MR) is 191 cm³/mol. The molecule has 3 aliphatic heterocycles. The van der Waals surface area contributed by atoms with Crippen LogP contribution in [0.2, 0.25) is 0 Å². The molecule has 0 saturated carbocycles. The molecule has 2 aromatic carbocycles. The Morgan fingerprint density at radius 3 is 2.17 bits per heavy atom. The van der Waals surface area contributed by atoms with E-state index in [0.29, 0.717) is 32.1 Å². The van der Waals surface area contributed by atoms with Crippen LogP contribution >= 0.6 is 0 Å². The molecule has 296 valence electrons. The minimum atomic E-state index is -1.51. The summed E-state index contributed by atoms with van der Waals surface area (Å²) in [7, 11) is 3.86. The number of ether oxygens (including phenoxy) is 6. The Hall–Kier alpha value is -3.18. The quantitative estimate of drug-likeness (QED) is 0.207. The number of hydrogen-bond acceptors (Lipinski definition) is 14. The SMILES string of the molecule is CC[C@@]1(O)CCc2c(O)c3c(c(O)c2[C@H]1OC1CC(N(C)C)C(OC2CCC(OC4CCC(O)C(C)O4)C(C)O2)C(C)O1)C(=O)c1cccc(O)c1C3=O. The Bertz CT molecular complexity index is 1770. The summed E-state index contributed by atoms with van der Waals surface area (Å²) in [5.41, 5.74) is -2.39. The fourth-order valence-electron chi connectivity index (χ4n) is 8.88. The average molecular weight is 756 g/mol. The van der Waals surface area contributed by atoms with Gasteiger partial charge in [0.1, 0.15) is 29.5 Å². The molecule has 10 unspecified atom stereocenters. The van der Waals surface area contributed by atoms with Crippen molar-refractivity contribution in [1.29, 1.82) is 0 Å². The molecule has 0 spiro atoms. The maximum absolute atomic E-state index is 13.8. The van der Waals surface area contributed by atoms with Crippen LogP contribution < -0.4 is 0 Å². The summed E-state index contributed by atoms with van der Waals surface area (Å²) in [5, 5.41) is 55.9. The third-order valence-electron chi connectivity index (χ3n) is 12.1. The summed E-state index contributed by atoms with van der Waals surface area (Å²) in [6, 6.07) is 3.87. The lowest BCUT2D eigenvalue weighted by atomic mass is 9.71. The molecule has 3 fully saturated rings. The molecule has 0 radical (unpaired) electrons. The molecule has 14 nitrogen and oxygen atoms in total. The van der Waals surface area contributed by atoms with E-state index in [1.807, 2.05) is 39.8 Å². The molecular weight excluding hydrogens is 702 g/mol. The molecule has 0 amide bonds. The monoisotopic (exact) mass is 755 g/mol. The van der Waals surface area contributed by atoms with E-state index in [4.69, 9.17) is 28.4 Å². The Kier molecular flexibility index (Phi) is 10.9. The third-order valence-corrected chi connectivity index (χ3v) is 12.1. The highest BCUT2D eigenvalue weighted by molar-refractivity contribution is 6.31. The van der Waals surface area contributed by atoms with Crippen molar-refractivity contribution in [3.8, 4) is 17.2 Å². The van der Waals surface area contributed by atoms with Crippen molar-refractivity contribution in [3.05, 3.63) is 51.6 Å². The second-order valence-electron chi connectivity index (χ2n) is 15.7. The van der Waals surface area contributed by atoms with Gasteiger partial charge in [0.2, 0.25) is 5.78 Å². The summed E-state index contributed by atoms with van der Waals surface area (Å²) < 4.78 is 38.0. The number of rotatable bonds is 8. The van der Waals surface area contributed by atoms with Crippen LogP contribution in [0.1, 0.15) is 122 Å². The van der Waals surface area contributed by atoms with Crippen molar-refractivity contribution in [2.24, 2.45) is 0 Å². The van der Waals surface area contributed by atoms with E-state index in [9.17, 15) is 35.1 Å². The number of nitrogens with zero attached hydrogens (tertiary/aromatic N) is 1. The van der Waals surface area contributed by atoms with Crippen LogP contribution in [0.4, 0.5) is 0 Å². The lowest BCUT2D eigenvalue weighted by molar-refractivity contribution is -0.319. The first kappa shape index (κ1) is 39.1. The number of fused-ring (bicyclic) bond motifs is 3. The van der Waals surface area contributed by atoms with Crippen molar-refractivity contribution < 1.29 is 63.5 Å². The van der Waals surface area contributed by atoms with Gasteiger partial charge in [0.25, 0.3) is 0 Å². The number of benzene rings is 2. The number of phenols is 3. The standard InChI is InChI=1S/C40H53NO13/c1-7-40(48)16-15-22-31(37(47)33-32(35(22)45)36(46)30-21(34(33)44)9-8-10-25(30)43)39(40)54-29-17-23(41(5)6)38(20(4)51-29)53-28-14-12-26(19(3)50-28)52-27-13-11-24(42)18(2)49-27/h8-10,18-20,23-24,26-29,38-39,42-43,45,47-48H,7,11-17H2,1-6H3/t18?,19?,20?,23?,24?,26?,27?,28?,29?,38?,39-,40-/m1/s1. The fraction of sp³-hybridized carbons (Fsp3) is 0.650. The van der Waals surface area contributed by atoms with E-state index in [2.05, 4.69) is 0 Å². The highest BCUT2D eigenvalue weighted by Gasteiger charge is 2.51. The molecule has 0 aromatic heterocycles.